The Bertz CT molecular complexity index is 929. The molecule has 26 heavy (non-hydrogen) atoms. The summed E-state index contributed by atoms with van der Waals surface area (Å²) in [6.07, 6.45) is 2.47. The van der Waals surface area contributed by atoms with E-state index in [1.165, 1.54) is 48.0 Å². The fraction of sp³-hybridized carbons (Fsp3) is 0.333. The van der Waals surface area contributed by atoms with Crippen LogP contribution in [0.15, 0.2) is 66.7 Å². The topological polar surface area (TPSA) is 3.24 Å². The molecule has 2 fully saturated rings. The van der Waals surface area contributed by atoms with Crippen molar-refractivity contribution < 1.29 is 0 Å². The molecule has 0 bridgehead atoms. The first kappa shape index (κ1) is 16.4. The van der Waals surface area contributed by atoms with Crippen LogP contribution in [-0.4, -0.2) is 24.5 Å². The third kappa shape index (κ3) is 2.94. The van der Waals surface area contributed by atoms with Crippen molar-refractivity contribution in [3.8, 4) is 0 Å². The monoisotopic (exact) mass is 361 g/mol. The van der Waals surface area contributed by atoms with Crippen molar-refractivity contribution in [1.29, 1.82) is 0 Å². The summed E-state index contributed by atoms with van der Waals surface area (Å²) in [7, 11) is 0. The standard InChI is InChI=1S/C24H24ClN/c25-21-9-4-8-19(13-21)23-14-20-15-26(16-24(20)23)12-11-18-7-3-6-17-5-1-2-10-22(17)18/h1-10,13,20,23-24H,11-12,14-16H2. The third-order valence-corrected chi connectivity index (χ3v) is 6.73. The van der Waals surface area contributed by atoms with Crippen molar-refractivity contribution in [3.63, 3.8) is 0 Å². The van der Waals surface area contributed by atoms with Gasteiger partial charge in [0.05, 0.1) is 0 Å². The molecule has 1 nitrogen and oxygen atoms in total. The van der Waals surface area contributed by atoms with Crippen molar-refractivity contribution in [2.24, 2.45) is 11.8 Å². The Labute approximate surface area is 160 Å². The second-order valence-electron chi connectivity index (χ2n) is 7.97. The molecule has 3 aromatic carbocycles. The number of likely N-dealkylation sites (tertiary alicyclic amines) is 1. The molecule has 0 N–H and O–H groups in total. The van der Waals surface area contributed by atoms with Crippen LogP contribution in [0.3, 0.4) is 0 Å². The third-order valence-electron chi connectivity index (χ3n) is 6.49. The summed E-state index contributed by atoms with van der Waals surface area (Å²) in [4.78, 5) is 2.68. The zero-order chi connectivity index (χ0) is 17.5. The largest absolute Gasteiger partial charge is 0.302 e. The van der Waals surface area contributed by atoms with Crippen LogP contribution < -0.4 is 0 Å². The Hall–Kier alpha value is -1.83. The summed E-state index contributed by atoms with van der Waals surface area (Å²) in [5.74, 6) is 2.41. The van der Waals surface area contributed by atoms with E-state index in [9.17, 15) is 0 Å². The lowest BCUT2D eigenvalue weighted by atomic mass is 9.64. The van der Waals surface area contributed by atoms with Gasteiger partial charge >= 0.3 is 0 Å². The molecular weight excluding hydrogens is 338 g/mol. The second kappa shape index (κ2) is 6.72. The SMILES string of the molecule is Clc1cccc(C2CC3CN(CCc4cccc5ccccc45)CC32)c1. The summed E-state index contributed by atoms with van der Waals surface area (Å²) in [6.45, 7) is 3.68. The molecule has 132 valence electrons. The molecule has 2 heteroatoms. The fourth-order valence-corrected chi connectivity index (χ4v) is 5.29. The molecule has 1 aliphatic heterocycles. The van der Waals surface area contributed by atoms with E-state index in [1.54, 1.807) is 0 Å². The van der Waals surface area contributed by atoms with Gasteiger partial charge in [-0.3, -0.25) is 0 Å². The first-order valence-electron chi connectivity index (χ1n) is 9.72. The summed E-state index contributed by atoms with van der Waals surface area (Å²) >= 11 is 6.20. The van der Waals surface area contributed by atoms with E-state index in [0.717, 1.165) is 23.3 Å². The highest BCUT2D eigenvalue weighted by atomic mass is 35.5. The van der Waals surface area contributed by atoms with Crippen molar-refractivity contribution in [2.75, 3.05) is 19.6 Å². The maximum absolute atomic E-state index is 6.20. The Morgan fingerprint density at radius 2 is 1.77 bits per heavy atom. The molecule has 5 rings (SSSR count). The van der Waals surface area contributed by atoms with Crippen LogP contribution in [0, 0.1) is 11.8 Å². The summed E-state index contributed by atoms with van der Waals surface area (Å²) in [5, 5.41) is 3.64. The highest BCUT2D eigenvalue weighted by molar-refractivity contribution is 6.30. The average molecular weight is 362 g/mol. The number of halogens is 1. The lowest BCUT2D eigenvalue weighted by Gasteiger charge is -2.40. The fourth-order valence-electron chi connectivity index (χ4n) is 5.09. The minimum absolute atomic E-state index is 0.709. The van der Waals surface area contributed by atoms with E-state index in [2.05, 4.69) is 65.6 Å². The van der Waals surface area contributed by atoms with Gasteiger partial charge in [-0.1, -0.05) is 66.2 Å². The quantitative estimate of drug-likeness (QED) is 0.570. The molecule has 0 radical (unpaired) electrons. The van der Waals surface area contributed by atoms with E-state index in [1.807, 2.05) is 6.07 Å². The molecule has 2 aliphatic rings. The van der Waals surface area contributed by atoms with E-state index in [-0.39, 0.29) is 0 Å². The maximum atomic E-state index is 6.20. The molecule has 0 aromatic heterocycles. The summed E-state index contributed by atoms with van der Waals surface area (Å²) in [6, 6.07) is 23.9. The number of hydrogen-bond acceptors (Lipinski definition) is 1. The lowest BCUT2D eigenvalue weighted by Crippen LogP contribution is -2.33. The van der Waals surface area contributed by atoms with E-state index < -0.39 is 0 Å². The number of nitrogens with zero attached hydrogens (tertiary/aromatic N) is 1. The van der Waals surface area contributed by atoms with Gasteiger partial charge in [0.2, 0.25) is 0 Å². The average Bonchev–Trinajstić information content (AvgIpc) is 2.96. The van der Waals surface area contributed by atoms with Gasteiger partial charge in [-0.15, -0.1) is 0 Å². The van der Waals surface area contributed by atoms with Crippen molar-refractivity contribution in [3.05, 3.63) is 82.9 Å². The predicted octanol–water partition coefficient (Wildman–Crippen LogP) is 5.77. The lowest BCUT2D eigenvalue weighted by molar-refractivity contribution is 0.191. The Kier molecular flexibility index (Phi) is 4.23. The summed E-state index contributed by atoms with van der Waals surface area (Å²) in [5.41, 5.74) is 2.92. The van der Waals surface area contributed by atoms with Crippen LogP contribution in [0.2, 0.25) is 5.02 Å². The van der Waals surface area contributed by atoms with Gasteiger partial charge in [-0.25, -0.2) is 0 Å². The van der Waals surface area contributed by atoms with Gasteiger partial charge < -0.3 is 4.90 Å². The van der Waals surface area contributed by atoms with Crippen LogP contribution >= 0.6 is 11.6 Å². The van der Waals surface area contributed by atoms with Crippen LogP contribution in [0.4, 0.5) is 0 Å². The van der Waals surface area contributed by atoms with Crippen LogP contribution in [0.1, 0.15) is 23.5 Å². The minimum atomic E-state index is 0.709. The van der Waals surface area contributed by atoms with Gasteiger partial charge in [-0.05, 0) is 64.6 Å². The van der Waals surface area contributed by atoms with Gasteiger partial charge in [0.1, 0.15) is 0 Å². The number of rotatable bonds is 4. The van der Waals surface area contributed by atoms with Crippen molar-refractivity contribution in [1.82, 2.24) is 4.90 Å². The molecule has 1 saturated heterocycles. The molecule has 3 aromatic rings. The Balaban J connectivity index is 1.25. The van der Waals surface area contributed by atoms with Gasteiger partial charge in [0.15, 0.2) is 0 Å². The molecule has 3 unspecified atom stereocenters. The van der Waals surface area contributed by atoms with E-state index in [4.69, 9.17) is 11.6 Å². The first-order valence-corrected chi connectivity index (χ1v) is 10.1. The van der Waals surface area contributed by atoms with E-state index in [0.29, 0.717) is 5.92 Å². The molecule has 1 saturated carbocycles. The number of fused-ring (bicyclic) bond motifs is 2. The molecule has 0 amide bonds. The molecular formula is C24H24ClN. The first-order chi connectivity index (χ1) is 12.8. The van der Waals surface area contributed by atoms with Crippen LogP contribution in [0.25, 0.3) is 10.8 Å². The van der Waals surface area contributed by atoms with Crippen LogP contribution in [-0.2, 0) is 6.42 Å². The zero-order valence-corrected chi connectivity index (χ0v) is 15.7. The Morgan fingerprint density at radius 3 is 2.69 bits per heavy atom. The maximum Gasteiger partial charge on any atom is 0.0408 e. The van der Waals surface area contributed by atoms with E-state index >= 15 is 0 Å². The number of hydrogen-bond donors (Lipinski definition) is 0. The minimum Gasteiger partial charge on any atom is -0.302 e. The molecule has 1 aliphatic carbocycles. The number of benzene rings is 3. The van der Waals surface area contributed by atoms with Gasteiger partial charge in [-0.2, -0.15) is 0 Å². The summed E-state index contributed by atoms with van der Waals surface area (Å²) < 4.78 is 0. The Morgan fingerprint density at radius 1 is 0.923 bits per heavy atom. The predicted molar refractivity (Wildman–Crippen MR) is 110 cm³/mol. The van der Waals surface area contributed by atoms with Crippen molar-refractivity contribution in [2.45, 2.75) is 18.8 Å². The smallest absolute Gasteiger partial charge is 0.0408 e. The van der Waals surface area contributed by atoms with Gasteiger partial charge in [0.25, 0.3) is 0 Å². The molecule has 0 spiro atoms. The highest BCUT2D eigenvalue weighted by Crippen LogP contribution is 2.51. The van der Waals surface area contributed by atoms with Crippen molar-refractivity contribution >= 4 is 22.4 Å². The second-order valence-corrected chi connectivity index (χ2v) is 8.41. The van der Waals surface area contributed by atoms with Gasteiger partial charge in [0, 0.05) is 24.7 Å². The molecule has 3 atom stereocenters. The highest BCUT2D eigenvalue weighted by Gasteiger charge is 2.47. The molecule has 1 heterocycles. The normalized spacial score (nSPS) is 25.2. The zero-order valence-electron chi connectivity index (χ0n) is 14.9. The van der Waals surface area contributed by atoms with Crippen LogP contribution in [0.5, 0.6) is 0 Å².